The van der Waals surface area contributed by atoms with Gasteiger partial charge in [0.15, 0.2) is 0 Å². The maximum Gasteiger partial charge on any atom is 0.254 e. The molecule has 0 radical (unpaired) electrons. The summed E-state index contributed by atoms with van der Waals surface area (Å²) in [6.45, 7) is 5.09. The zero-order valence-corrected chi connectivity index (χ0v) is 11.6. The smallest absolute Gasteiger partial charge is 0.254 e. The highest BCUT2D eigenvalue weighted by molar-refractivity contribution is 6.03. The molecule has 0 unspecified atom stereocenters. The molecule has 0 aromatic heterocycles. The van der Waals surface area contributed by atoms with Crippen LogP contribution in [0.2, 0.25) is 0 Å². The van der Waals surface area contributed by atoms with E-state index in [1.54, 1.807) is 9.80 Å². The summed E-state index contributed by atoms with van der Waals surface area (Å²) in [5.41, 5.74) is 2.56. The number of ether oxygens (including phenoxy) is 1. The summed E-state index contributed by atoms with van der Waals surface area (Å²) in [4.78, 5) is 27.8. The van der Waals surface area contributed by atoms with Crippen LogP contribution in [0.3, 0.4) is 0 Å². The van der Waals surface area contributed by atoms with Gasteiger partial charge in [0.1, 0.15) is 0 Å². The highest BCUT2D eigenvalue weighted by atomic mass is 16.5. The minimum Gasteiger partial charge on any atom is -0.378 e. The molecule has 1 fully saturated rings. The minimum absolute atomic E-state index is 0.0264. The highest BCUT2D eigenvalue weighted by Crippen LogP contribution is 2.29. The molecule has 3 rings (SSSR count). The van der Waals surface area contributed by atoms with Crippen molar-refractivity contribution < 1.29 is 14.3 Å². The maximum absolute atomic E-state index is 12.4. The number of amides is 2. The lowest BCUT2D eigenvalue weighted by Crippen LogP contribution is -2.40. The molecule has 1 aromatic rings. The number of hydrogen-bond acceptors (Lipinski definition) is 3. The van der Waals surface area contributed by atoms with Crippen LogP contribution in [0.5, 0.6) is 0 Å². The van der Waals surface area contributed by atoms with Gasteiger partial charge in [-0.05, 0) is 30.7 Å². The van der Waals surface area contributed by atoms with E-state index in [9.17, 15) is 9.59 Å². The van der Waals surface area contributed by atoms with Crippen molar-refractivity contribution in [1.29, 1.82) is 0 Å². The quantitative estimate of drug-likeness (QED) is 0.810. The second kappa shape index (κ2) is 5.25. The lowest BCUT2D eigenvalue weighted by atomic mass is 10.1. The van der Waals surface area contributed by atoms with Crippen LogP contribution in [0.1, 0.15) is 22.8 Å². The molecule has 2 amide bonds. The van der Waals surface area contributed by atoms with E-state index in [1.807, 2.05) is 25.1 Å². The predicted molar refractivity (Wildman–Crippen MR) is 74.9 cm³/mol. The van der Waals surface area contributed by atoms with Gasteiger partial charge >= 0.3 is 0 Å². The van der Waals surface area contributed by atoms with Crippen LogP contribution >= 0.6 is 0 Å². The van der Waals surface area contributed by atoms with Gasteiger partial charge in [0.2, 0.25) is 5.91 Å². The number of carbonyl (C=O) groups excluding carboxylic acids is 2. The Balaban J connectivity index is 1.84. The summed E-state index contributed by atoms with van der Waals surface area (Å²) in [6, 6.07) is 5.57. The largest absolute Gasteiger partial charge is 0.378 e. The number of likely N-dealkylation sites (N-methyl/N-ethyl adjacent to an activating group) is 1. The molecule has 2 aliphatic rings. The van der Waals surface area contributed by atoms with E-state index in [-0.39, 0.29) is 11.8 Å². The van der Waals surface area contributed by atoms with Crippen LogP contribution in [0, 0.1) is 0 Å². The average molecular weight is 274 g/mol. The van der Waals surface area contributed by atoms with Crippen LogP contribution in [0.25, 0.3) is 0 Å². The average Bonchev–Trinajstić information content (AvgIpc) is 2.81. The Labute approximate surface area is 118 Å². The van der Waals surface area contributed by atoms with Crippen LogP contribution < -0.4 is 4.90 Å². The van der Waals surface area contributed by atoms with Gasteiger partial charge in [0.25, 0.3) is 5.91 Å². The molecule has 1 saturated heterocycles. The summed E-state index contributed by atoms with van der Waals surface area (Å²) in [7, 11) is 0. The van der Waals surface area contributed by atoms with Crippen molar-refractivity contribution in [3.8, 4) is 0 Å². The molecule has 0 N–H and O–H groups in total. The number of carbonyl (C=O) groups is 2. The molecule has 1 aromatic carbocycles. The van der Waals surface area contributed by atoms with E-state index < -0.39 is 0 Å². The number of anilines is 1. The van der Waals surface area contributed by atoms with Gasteiger partial charge in [-0.3, -0.25) is 9.59 Å². The lowest BCUT2D eigenvalue weighted by molar-refractivity contribution is -0.117. The number of rotatable bonds is 2. The fourth-order valence-electron chi connectivity index (χ4n) is 2.81. The van der Waals surface area contributed by atoms with Crippen molar-refractivity contribution in [2.24, 2.45) is 0 Å². The van der Waals surface area contributed by atoms with E-state index in [1.165, 1.54) is 0 Å². The number of hydrogen-bond donors (Lipinski definition) is 0. The number of fused-ring (bicyclic) bond motifs is 1. The van der Waals surface area contributed by atoms with Gasteiger partial charge in [-0.15, -0.1) is 0 Å². The molecular weight excluding hydrogens is 256 g/mol. The Kier molecular flexibility index (Phi) is 3.44. The summed E-state index contributed by atoms with van der Waals surface area (Å²) in [5, 5.41) is 0. The van der Waals surface area contributed by atoms with Gasteiger partial charge in [0.05, 0.1) is 19.6 Å². The fraction of sp³-hybridized carbons (Fsp3) is 0.467. The highest BCUT2D eigenvalue weighted by Gasteiger charge is 2.27. The third-order valence-electron chi connectivity index (χ3n) is 3.87. The van der Waals surface area contributed by atoms with Gasteiger partial charge in [-0.25, -0.2) is 0 Å². The van der Waals surface area contributed by atoms with E-state index in [0.29, 0.717) is 44.8 Å². The molecule has 5 nitrogen and oxygen atoms in total. The van der Waals surface area contributed by atoms with Gasteiger partial charge in [-0.1, -0.05) is 0 Å². The third kappa shape index (κ3) is 2.18. The Bertz CT molecular complexity index is 550. The van der Waals surface area contributed by atoms with Crippen molar-refractivity contribution in [2.75, 3.05) is 37.7 Å². The van der Waals surface area contributed by atoms with Crippen LogP contribution in [-0.2, 0) is 16.0 Å². The minimum atomic E-state index is 0.0264. The standard InChI is InChI=1S/C15H18N2O3/c1-2-17-13-4-3-11(9-12(13)10-14(17)18)15(19)16-5-7-20-8-6-16/h3-4,9H,2,5-8,10H2,1H3. The SMILES string of the molecule is CCN1C(=O)Cc2cc(C(=O)N3CCOCC3)ccc21. The van der Waals surface area contributed by atoms with Gasteiger partial charge < -0.3 is 14.5 Å². The number of benzene rings is 1. The van der Waals surface area contributed by atoms with Crippen molar-refractivity contribution in [3.05, 3.63) is 29.3 Å². The first-order valence-corrected chi connectivity index (χ1v) is 7.01. The van der Waals surface area contributed by atoms with E-state index in [0.717, 1.165) is 11.3 Å². The third-order valence-corrected chi connectivity index (χ3v) is 3.87. The molecule has 0 aliphatic carbocycles. The maximum atomic E-state index is 12.4. The molecule has 2 aliphatic heterocycles. The Morgan fingerprint density at radius 1 is 1.30 bits per heavy atom. The first-order chi connectivity index (χ1) is 9.70. The molecule has 0 spiro atoms. The van der Waals surface area contributed by atoms with Crippen molar-refractivity contribution >= 4 is 17.5 Å². The molecule has 0 atom stereocenters. The zero-order valence-electron chi connectivity index (χ0n) is 11.6. The Morgan fingerprint density at radius 2 is 2.05 bits per heavy atom. The Morgan fingerprint density at radius 3 is 2.75 bits per heavy atom. The summed E-state index contributed by atoms with van der Waals surface area (Å²) >= 11 is 0. The summed E-state index contributed by atoms with van der Waals surface area (Å²) < 4.78 is 5.26. The van der Waals surface area contributed by atoms with Crippen LogP contribution in [-0.4, -0.2) is 49.6 Å². The molecule has 5 heteroatoms. The second-order valence-corrected chi connectivity index (χ2v) is 5.06. The first-order valence-electron chi connectivity index (χ1n) is 7.01. The van der Waals surface area contributed by atoms with Crippen LogP contribution in [0.4, 0.5) is 5.69 Å². The molecule has 0 bridgehead atoms. The molecule has 2 heterocycles. The van der Waals surface area contributed by atoms with Crippen molar-refractivity contribution in [2.45, 2.75) is 13.3 Å². The van der Waals surface area contributed by atoms with E-state index in [2.05, 4.69) is 0 Å². The molecule has 0 saturated carbocycles. The second-order valence-electron chi connectivity index (χ2n) is 5.06. The summed E-state index contributed by atoms with van der Waals surface area (Å²) in [5.74, 6) is 0.136. The normalized spacial score (nSPS) is 18.4. The summed E-state index contributed by atoms with van der Waals surface area (Å²) in [6.07, 6.45) is 0.396. The van der Waals surface area contributed by atoms with Gasteiger partial charge in [-0.2, -0.15) is 0 Å². The number of nitrogens with zero attached hydrogens (tertiary/aromatic N) is 2. The van der Waals surface area contributed by atoms with Crippen LogP contribution in [0.15, 0.2) is 18.2 Å². The molecule has 20 heavy (non-hydrogen) atoms. The van der Waals surface area contributed by atoms with E-state index >= 15 is 0 Å². The van der Waals surface area contributed by atoms with Crippen molar-refractivity contribution in [3.63, 3.8) is 0 Å². The fourth-order valence-corrected chi connectivity index (χ4v) is 2.81. The first kappa shape index (κ1) is 13.1. The van der Waals surface area contributed by atoms with E-state index in [4.69, 9.17) is 4.74 Å². The topological polar surface area (TPSA) is 49.9 Å². The predicted octanol–water partition coefficient (Wildman–Crippen LogP) is 1.07. The molecule has 106 valence electrons. The Hall–Kier alpha value is -1.88. The monoisotopic (exact) mass is 274 g/mol. The molecular formula is C15H18N2O3. The lowest BCUT2D eigenvalue weighted by Gasteiger charge is -2.27. The van der Waals surface area contributed by atoms with Gasteiger partial charge in [0, 0.05) is 30.9 Å². The van der Waals surface area contributed by atoms with Crippen molar-refractivity contribution in [1.82, 2.24) is 4.90 Å². The zero-order chi connectivity index (χ0) is 14.1. The number of morpholine rings is 1.